The summed E-state index contributed by atoms with van der Waals surface area (Å²) in [7, 11) is 0. The molecule has 24 heavy (non-hydrogen) atoms. The second kappa shape index (κ2) is 6.06. The van der Waals surface area contributed by atoms with Crippen molar-refractivity contribution in [1.29, 1.82) is 0 Å². The molecule has 126 valence electrons. The van der Waals surface area contributed by atoms with Crippen LogP contribution in [-0.4, -0.2) is 34.5 Å². The molecule has 5 heteroatoms. The summed E-state index contributed by atoms with van der Waals surface area (Å²) < 4.78 is 11.7. The smallest absolute Gasteiger partial charge is 0.170 e. The number of fused-ring (bicyclic) bond motifs is 1. The summed E-state index contributed by atoms with van der Waals surface area (Å²) in [6.07, 6.45) is 3.28. The number of carbonyl (C=O) groups is 1. The third-order valence-corrected chi connectivity index (χ3v) is 5.04. The highest BCUT2D eigenvalue weighted by molar-refractivity contribution is 6.00. The minimum absolute atomic E-state index is 0.205. The van der Waals surface area contributed by atoms with Gasteiger partial charge in [0.05, 0.1) is 24.2 Å². The minimum atomic E-state index is -0.350. The highest BCUT2D eigenvalue weighted by Crippen LogP contribution is 2.39. The van der Waals surface area contributed by atoms with Gasteiger partial charge in [0.1, 0.15) is 11.4 Å². The number of carbonyl (C=O) groups excluding carboxylic acids is 1. The lowest BCUT2D eigenvalue weighted by Crippen LogP contribution is -2.42. The Labute approximate surface area is 141 Å². The van der Waals surface area contributed by atoms with Gasteiger partial charge in [-0.1, -0.05) is 17.3 Å². The Morgan fingerprint density at radius 1 is 1.25 bits per heavy atom. The monoisotopic (exact) mass is 326 g/mol. The molecule has 0 saturated carbocycles. The van der Waals surface area contributed by atoms with E-state index in [0.29, 0.717) is 6.42 Å². The van der Waals surface area contributed by atoms with E-state index < -0.39 is 0 Å². The standard InChI is InChI=1S/C19H22N2O3/c1-14-11-15(24-20-14)13-21-9-4-7-19(8-10-21)12-17(22)16-5-2-3-6-18(16)23-19/h2-3,5-6,11H,4,7-10,12-13H2,1H3. The second-order valence-electron chi connectivity index (χ2n) is 6.95. The van der Waals surface area contributed by atoms with Gasteiger partial charge in [-0.3, -0.25) is 9.69 Å². The first-order valence-corrected chi connectivity index (χ1v) is 8.59. The summed E-state index contributed by atoms with van der Waals surface area (Å²) in [6, 6.07) is 9.58. The molecule has 0 amide bonds. The van der Waals surface area contributed by atoms with Crippen LogP contribution in [0.4, 0.5) is 0 Å². The maximum Gasteiger partial charge on any atom is 0.170 e. The SMILES string of the molecule is Cc1cc(CN2CCCC3(CC2)CC(=O)c2ccccc2O3)on1. The van der Waals surface area contributed by atoms with Gasteiger partial charge in [-0.15, -0.1) is 0 Å². The van der Waals surface area contributed by atoms with E-state index in [4.69, 9.17) is 9.26 Å². The van der Waals surface area contributed by atoms with Gasteiger partial charge in [-0.25, -0.2) is 0 Å². The third kappa shape index (κ3) is 2.96. The first-order valence-electron chi connectivity index (χ1n) is 8.59. The topological polar surface area (TPSA) is 55.6 Å². The molecule has 1 atom stereocenters. The lowest BCUT2D eigenvalue weighted by atomic mass is 9.84. The van der Waals surface area contributed by atoms with E-state index in [9.17, 15) is 4.79 Å². The lowest BCUT2D eigenvalue weighted by Gasteiger charge is -2.37. The number of aryl methyl sites for hydroxylation is 1. The molecule has 2 aliphatic rings. The minimum Gasteiger partial charge on any atom is -0.486 e. The number of para-hydroxylation sites is 1. The van der Waals surface area contributed by atoms with Crippen LogP contribution < -0.4 is 4.74 Å². The van der Waals surface area contributed by atoms with Crippen molar-refractivity contribution in [3.63, 3.8) is 0 Å². The highest BCUT2D eigenvalue weighted by atomic mass is 16.5. The number of benzene rings is 1. The van der Waals surface area contributed by atoms with Crippen molar-refractivity contribution in [2.45, 2.75) is 44.8 Å². The molecular weight excluding hydrogens is 304 g/mol. The van der Waals surface area contributed by atoms with Crippen LogP contribution in [0.2, 0.25) is 0 Å². The van der Waals surface area contributed by atoms with E-state index in [1.165, 1.54) is 0 Å². The van der Waals surface area contributed by atoms with Crippen LogP contribution in [0.25, 0.3) is 0 Å². The van der Waals surface area contributed by atoms with Gasteiger partial charge in [-0.2, -0.15) is 0 Å². The summed E-state index contributed by atoms with van der Waals surface area (Å²) >= 11 is 0. The fraction of sp³-hybridized carbons (Fsp3) is 0.474. The molecule has 2 aliphatic heterocycles. The van der Waals surface area contributed by atoms with Gasteiger partial charge in [-0.05, 0) is 38.4 Å². The summed E-state index contributed by atoms with van der Waals surface area (Å²) in [6.45, 7) is 4.58. The molecule has 1 aromatic heterocycles. The normalized spacial score (nSPS) is 24.5. The summed E-state index contributed by atoms with van der Waals surface area (Å²) in [4.78, 5) is 14.9. The molecule has 3 heterocycles. The van der Waals surface area contributed by atoms with Crippen molar-refractivity contribution in [3.05, 3.63) is 47.3 Å². The highest BCUT2D eigenvalue weighted by Gasteiger charge is 2.41. The van der Waals surface area contributed by atoms with Crippen molar-refractivity contribution >= 4 is 5.78 Å². The number of ether oxygens (including phenoxy) is 1. The van der Waals surface area contributed by atoms with Crippen LogP contribution >= 0.6 is 0 Å². The van der Waals surface area contributed by atoms with E-state index in [0.717, 1.165) is 61.7 Å². The largest absolute Gasteiger partial charge is 0.486 e. The number of rotatable bonds is 2. The lowest BCUT2D eigenvalue weighted by molar-refractivity contribution is 0.0297. The molecule has 2 aromatic rings. The molecule has 4 rings (SSSR count). The number of ketones is 1. The molecule has 1 aromatic carbocycles. The van der Waals surface area contributed by atoms with Crippen molar-refractivity contribution in [2.24, 2.45) is 0 Å². The van der Waals surface area contributed by atoms with Crippen LogP contribution in [0.15, 0.2) is 34.9 Å². The number of hydrogen-bond acceptors (Lipinski definition) is 5. The van der Waals surface area contributed by atoms with Crippen molar-refractivity contribution < 1.29 is 14.1 Å². The second-order valence-corrected chi connectivity index (χ2v) is 6.95. The van der Waals surface area contributed by atoms with E-state index in [1.54, 1.807) is 0 Å². The zero-order chi connectivity index (χ0) is 16.6. The molecule has 1 fully saturated rings. The average Bonchev–Trinajstić information content (AvgIpc) is 2.88. The van der Waals surface area contributed by atoms with Crippen LogP contribution in [0.3, 0.4) is 0 Å². The Kier molecular flexibility index (Phi) is 3.88. The first-order chi connectivity index (χ1) is 11.6. The Morgan fingerprint density at radius 2 is 2.12 bits per heavy atom. The quantitative estimate of drug-likeness (QED) is 0.847. The molecule has 0 aliphatic carbocycles. The van der Waals surface area contributed by atoms with E-state index in [1.807, 2.05) is 37.3 Å². The third-order valence-electron chi connectivity index (χ3n) is 5.04. The van der Waals surface area contributed by atoms with Gasteiger partial charge < -0.3 is 9.26 Å². The summed E-state index contributed by atoms with van der Waals surface area (Å²) in [5.74, 6) is 1.85. The maximum atomic E-state index is 12.5. The fourth-order valence-electron chi connectivity index (χ4n) is 3.81. The molecule has 5 nitrogen and oxygen atoms in total. The molecule has 0 bridgehead atoms. The van der Waals surface area contributed by atoms with Crippen LogP contribution in [0.5, 0.6) is 5.75 Å². The molecule has 0 N–H and O–H groups in total. The van der Waals surface area contributed by atoms with E-state index in [2.05, 4.69) is 10.1 Å². The average molecular weight is 326 g/mol. The summed E-state index contributed by atoms with van der Waals surface area (Å²) in [5, 5.41) is 3.95. The predicted molar refractivity (Wildman–Crippen MR) is 89.1 cm³/mol. The van der Waals surface area contributed by atoms with E-state index in [-0.39, 0.29) is 11.4 Å². The zero-order valence-electron chi connectivity index (χ0n) is 14.0. The Hall–Kier alpha value is -2.14. The van der Waals surface area contributed by atoms with Gasteiger partial charge in [0.25, 0.3) is 0 Å². The van der Waals surface area contributed by atoms with Crippen LogP contribution in [0, 0.1) is 6.92 Å². The maximum absolute atomic E-state index is 12.5. The zero-order valence-corrected chi connectivity index (χ0v) is 14.0. The number of hydrogen-bond donors (Lipinski definition) is 0. The number of likely N-dealkylation sites (tertiary alicyclic amines) is 1. The first kappa shape index (κ1) is 15.4. The van der Waals surface area contributed by atoms with E-state index >= 15 is 0 Å². The van der Waals surface area contributed by atoms with Gasteiger partial charge >= 0.3 is 0 Å². The number of aromatic nitrogens is 1. The van der Waals surface area contributed by atoms with Crippen molar-refractivity contribution in [1.82, 2.24) is 10.1 Å². The molecule has 0 radical (unpaired) electrons. The molecule has 1 spiro atoms. The fourth-order valence-corrected chi connectivity index (χ4v) is 3.81. The van der Waals surface area contributed by atoms with Gasteiger partial charge in [0.2, 0.25) is 0 Å². The van der Waals surface area contributed by atoms with Gasteiger partial charge in [0, 0.05) is 19.0 Å². The van der Waals surface area contributed by atoms with Crippen LogP contribution in [-0.2, 0) is 6.54 Å². The van der Waals surface area contributed by atoms with Crippen LogP contribution in [0.1, 0.15) is 47.5 Å². The number of Topliss-reactive ketones (excluding diaryl/α,β-unsaturated/α-hetero) is 1. The van der Waals surface area contributed by atoms with Crippen molar-refractivity contribution in [2.75, 3.05) is 13.1 Å². The molecule has 1 unspecified atom stereocenters. The van der Waals surface area contributed by atoms with Gasteiger partial charge in [0.15, 0.2) is 11.5 Å². The Balaban J connectivity index is 1.48. The van der Waals surface area contributed by atoms with Crippen molar-refractivity contribution in [3.8, 4) is 5.75 Å². The number of nitrogens with zero attached hydrogens (tertiary/aromatic N) is 2. The molecule has 1 saturated heterocycles. The Morgan fingerprint density at radius 3 is 2.96 bits per heavy atom. The predicted octanol–water partition coefficient (Wildman–Crippen LogP) is 3.37. The molecular formula is C19H22N2O3. The summed E-state index contributed by atoms with van der Waals surface area (Å²) in [5.41, 5.74) is 1.29. The Bertz CT molecular complexity index is 755.